The summed E-state index contributed by atoms with van der Waals surface area (Å²) >= 11 is 6.11. The van der Waals surface area contributed by atoms with Crippen molar-refractivity contribution >= 4 is 23.4 Å². The van der Waals surface area contributed by atoms with Crippen LogP contribution in [0.3, 0.4) is 0 Å². The lowest BCUT2D eigenvalue weighted by Crippen LogP contribution is -2.53. The van der Waals surface area contributed by atoms with Crippen molar-refractivity contribution in [1.82, 2.24) is 10.2 Å². The van der Waals surface area contributed by atoms with Crippen LogP contribution in [0.1, 0.15) is 33.3 Å². The fourth-order valence-corrected chi connectivity index (χ4v) is 3.00. The zero-order chi connectivity index (χ0) is 22.3. The van der Waals surface area contributed by atoms with Crippen LogP contribution >= 0.6 is 11.6 Å². The van der Waals surface area contributed by atoms with Crippen molar-refractivity contribution in [1.29, 1.82) is 0 Å². The molecule has 2 aromatic carbocycles. The molecule has 2 aromatic rings. The summed E-state index contributed by atoms with van der Waals surface area (Å²) in [6, 6.07) is 13.6. The molecule has 0 aliphatic heterocycles. The number of para-hydroxylation sites is 1. The Hall–Kier alpha value is -2.73. The third-order valence-corrected chi connectivity index (χ3v) is 4.65. The quantitative estimate of drug-likeness (QED) is 0.683. The van der Waals surface area contributed by atoms with Gasteiger partial charge in [0.15, 0.2) is 6.61 Å². The predicted molar refractivity (Wildman–Crippen MR) is 118 cm³/mol. The topological polar surface area (TPSA) is 67.9 Å². The maximum Gasteiger partial charge on any atom is 0.261 e. The van der Waals surface area contributed by atoms with Crippen molar-refractivity contribution in [3.63, 3.8) is 0 Å². The second-order valence-electron chi connectivity index (χ2n) is 8.01. The van der Waals surface area contributed by atoms with E-state index in [4.69, 9.17) is 21.1 Å². The number of hydrogen-bond donors (Lipinski definition) is 1. The molecular weight excluding hydrogens is 404 g/mol. The highest BCUT2D eigenvalue weighted by atomic mass is 35.5. The van der Waals surface area contributed by atoms with E-state index in [1.54, 1.807) is 38.3 Å². The number of nitrogens with zero attached hydrogens (tertiary/aromatic N) is 1. The van der Waals surface area contributed by atoms with Crippen LogP contribution in [0, 0.1) is 0 Å². The minimum atomic E-state index is -0.697. The summed E-state index contributed by atoms with van der Waals surface area (Å²) in [5.74, 6) is 0.533. The summed E-state index contributed by atoms with van der Waals surface area (Å²) in [6.45, 7) is 7.39. The highest BCUT2D eigenvalue weighted by Gasteiger charge is 2.28. The molecule has 0 aliphatic carbocycles. The van der Waals surface area contributed by atoms with E-state index in [0.717, 1.165) is 5.56 Å². The summed E-state index contributed by atoms with van der Waals surface area (Å²) in [5, 5.41) is 3.35. The van der Waals surface area contributed by atoms with Crippen molar-refractivity contribution in [3.8, 4) is 11.5 Å². The average Bonchev–Trinajstić information content (AvgIpc) is 2.69. The van der Waals surface area contributed by atoms with E-state index in [1.807, 2.05) is 45.0 Å². The Labute approximate surface area is 183 Å². The van der Waals surface area contributed by atoms with Crippen LogP contribution < -0.4 is 14.8 Å². The molecule has 7 heteroatoms. The summed E-state index contributed by atoms with van der Waals surface area (Å²) in [7, 11) is 1.58. The van der Waals surface area contributed by atoms with Crippen LogP contribution in [0.2, 0.25) is 5.02 Å². The van der Waals surface area contributed by atoms with Crippen molar-refractivity contribution in [2.75, 3.05) is 13.7 Å². The SMILES string of the molecule is COc1cccc(CN(C(=O)COc2ccccc2Cl)C(C)C(=O)NC(C)(C)C)c1. The molecule has 162 valence electrons. The Kier molecular flexibility index (Phi) is 8.12. The van der Waals surface area contributed by atoms with Gasteiger partial charge in [0.1, 0.15) is 17.5 Å². The average molecular weight is 433 g/mol. The first-order valence-electron chi connectivity index (χ1n) is 9.72. The van der Waals surface area contributed by atoms with Crippen LogP contribution in [0.25, 0.3) is 0 Å². The van der Waals surface area contributed by atoms with Gasteiger partial charge in [-0.3, -0.25) is 9.59 Å². The molecule has 0 aliphatic rings. The third-order valence-electron chi connectivity index (χ3n) is 4.34. The summed E-state index contributed by atoms with van der Waals surface area (Å²) in [5.41, 5.74) is 0.431. The van der Waals surface area contributed by atoms with Gasteiger partial charge in [-0.05, 0) is 57.5 Å². The molecule has 0 aromatic heterocycles. The largest absolute Gasteiger partial charge is 0.497 e. The maximum absolute atomic E-state index is 13.0. The molecule has 0 fully saturated rings. The van der Waals surface area contributed by atoms with Gasteiger partial charge < -0.3 is 19.7 Å². The number of ether oxygens (including phenoxy) is 2. The van der Waals surface area contributed by atoms with Crippen LogP contribution in [0.4, 0.5) is 0 Å². The Bertz CT molecular complexity index is 880. The van der Waals surface area contributed by atoms with Crippen molar-refractivity contribution in [2.45, 2.75) is 45.8 Å². The lowest BCUT2D eigenvalue weighted by Gasteiger charge is -2.31. The molecule has 2 amide bonds. The lowest BCUT2D eigenvalue weighted by molar-refractivity contribution is -0.142. The number of rotatable bonds is 8. The normalized spacial score (nSPS) is 12.1. The first-order chi connectivity index (χ1) is 14.1. The Morgan fingerprint density at radius 2 is 1.83 bits per heavy atom. The van der Waals surface area contributed by atoms with E-state index in [1.165, 1.54) is 4.90 Å². The van der Waals surface area contributed by atoms with Crippen LogP contribution in [-0.4, -0.2) is 42.0 Å². The van der Waals surface area contributed by atoms with E-state index >= 15 is 0 Å². The molecule has 0 saturated carbocycles. The van der Waals surface area contributed by atoms with Gasteiger partial charge in [-0.15, -0.1) is 0 Å². The molecule has 6 nitrogen and oxygen atoms in total. The third kappa shape index (κ3) is 6.95. The van der Waals surface area contributed by atoms with Crippen molar-refractivity contribution in [2.24, 2.45) is 0 Å². The second kappa shape index (κ2) is 10.3. The smallest absolute Gasteiger partial charge is 0.261 e. The number of halogens is 1. The Balaban J connectivity index is 2.21. The summed E-state index contributed by atoms with van der Waals surface area (Å²) < 4.78 is 10.9. The molecule has 0 radical (unpaired) electrons. The molecule has 1 N–H and O–H groups in total. The molecule has 30 heavy (non-hydrogen) atoms. The minimum absolute atomic E-state index is 0.235. The van der Waals surface area contributed by atoms with E-state index < -0.39 is 11.6 Å². The number of carbonyl (C=O) groups excluding carboxylic acids is 2. The molecular formula is C23H29ClN2O4. The van der Waals surface area contributed by atoms with Gasteiger partial charge in [0.25, 0.3) is 5.91 Å². The first kappa shape index (κ1) is 23.5. The molecule has 2 rings (SSSR count). The van der Waals surface area contributed by atoms with Crippen LogP contribution in [-0.2, 0) is 16.1 Å². The van der Waals surface area contributed by atoms with Gasteiger partial charge in [-0.25, -0.2) is 0 Å². The summed E-state index contributed by atoms with van der Waals surface area (Å²) in [4.78, 5) is 27.3. The van der Waals surface area contributed by atoms with E-state index in [9.17, 15) is 9.59 Å². The predicted octanol–water partition coefficient (Wildman–Crippen LogP) is 4.06. The number of benzene rings is 2. The fraction of sp³-hybridized carbons (Fsp3) is 0.391. The highest BCUT2D eigenvalue weighted by molar-refractivity contribution is 6.32. The number of carbonyl (C=O) groups is 2. The molecule has 0 heterocycles. The number of amides is 2. The number of hydrogen-bond acceptors (Lipinski definition) is 4. The number of nitrogens with one attached hydrogen (secondary N) is 1. The van der Waals surface area contributed by atoms with Gasteiger partial charge in [0, 0.05) is 12.1 Å². The monoisotopic (exact) mass is 432 g/mol. The van der Waals surface area contributed by atoms with Crippen molar-refractivity contribution < 1.29 is 19.1 Å². The van der Waals surface area contributed by atoms with Crippen LogP contribution in [0.5, 0.6) is 11.5 Å². The fourth-order valence-electron chi connectivity index (χ4n) is 2.81. The molecule has 1 unspecified atom stereocenters. The first-order valence-corrected chi connectivity index (χ1v) is 10.1. The van der Waals surface area contributed by atoms with Crippen LogP contribution in [0.15, 0.2) is 48.5 Å². The zero-order valence-corrected chi connectivity index (χ0v) is 18.8. The van der Waals surface area contributed by atoms with Gasteiger partial charge in [0.2, 0.25) is 5.91 Å². The standard InChI is InChI=1S/C23H29ClN2O4/c1-16(22(28)25-23(2,3)4)26(14-17-9-8-10-18(13-17)29-5)21(27)15-30-20-12-7-6-11-19(20)24/h6-13,16H,14-15H2,1-5H3,(H,25,28). The van der Waals surface area contributed by atoms with Gasteiger partial charge in [-0.2, -0.15) is 0 Å². The Morgan fingerprint density at radius 1 is 1.13 bits per heavy atom. The Morgan fingerprint density at radius 3 is 2.47 bits per heavy atom. The van der Waals surface area contributed by atoms with Gasteiger partial charge >= 0.3 is 0 Å². The molecule has 0 bridgehead atoms. The molecule has 1 atom stereocenters. The minimum Gasteiger partial charge on any atom is -0.497 e. The number of methoxy groups -OCH3 is 1. The van der Waals surface area contributed by atoms with E-state index in [0.29, 0.717) is 16.5 Å². The second-order valence-corrected chi connectivity index (χ2v) is 8.41. The molecule has 0 saturated heterocycles. The van der Waals surface area contributed by atoms with E-state index in [2.05, 4.69) is 5.32 Å². The maximum atomic E-state index is 13.0. The highest BCUT2D eigenvalue weighted by Crippen LogP contribution is 2.23. The van der Waals surface area contributed by atoms with Crippen molar-refractivity contribution in [3.05, 3.63) is 59.1 Å². The van der Waals surface area contributed by atoms with Gasteiger partial charge in [0.05, 0.1) is 12.1 Å². The zero-order valence-electron chi connectivity index (χ0n) is 18.1. The molecule has 0 spiro atoms. The van der Waals surface area contributed by atoms with Gasteiger partial charge in [-0.1, -0.05) is 35.9 Å². The van der Waals surface area contributed by atoms with E-state index in [-0.39, 0.29) is 25.0 Å². The summed E-state index contributed by atoms with van der Waals surface area (Å²) in [6.07, 6.45) is 0. The lowest BCUT2D eigenvalue weighted by atomic mass is 10.1.